The van der Waals surface area contributed by atoms with E-state index in [1.54, 1.807) is 7.11 Å². The summed E-state index contributed by atoms with van der Waals surface area (Å²) in [5.41, 5.74) is 4.47. The maximum Gasteiger partial charge on any atom is 0.0945 e. The van der Waals surface area contributed by atoms with E-state index >= 15 is 0 Å². The summed E-state index contributed by atoms with van der Waals surface area (Å²) in [6, 6.07) is 10.2. The van der Waals surface area contributed by atoms with Crippen molar-refractivity contribution in [1.82, 2.24) is 15.1 Å². The van der Waals surface area contributed by atoms with Gasteiger partial charge in [-0.15, -0.1) is 0 Å². The van der Waals surface area contributed by atoms with Crippen LogP contribution in [-0.4, -0.2) is 35.1 Å². The van der Waals surface area contributed by atoms with Gasteiger partial charge < -0.3 is 15.2 Å². The molecule has 0 aliphatic heterocycles. The Kier molecular flexibility index (Phi) is 6.12. The molecule has 1 unspecified atom stereocenters. The van der Waals surface area contributed by atoms with Crippen molar-refractivity contribution < 1.29 is 9.84 Å². The van der Waals surface area contributed by atoms with Gasteiger partial charge in [0.15, 0.2) is 0 Å². The van der Waals surface area contributed by atoms with Crippen LogP contribution in [0.2, 0.25) is 0 Å². The van der Waals surface area contributed by atoms with Crippen LogP contribution in [0.15, 0.2) is 30.3 Å². The largest absolute Gasteiger partial charge is 0.394 e. The van der Waals surface area contributed by atoms with Gasteiger partial charge in [0.05, 0.1) is 24.9 Å². The molecule has 0 radical (unpaired) electrons. The highest BCUT2D eigenvalue weighted by Gasteiger charge is 2.13. The lowest BCUT2D eigenvalue weighted by molar-refractivity contribution is 0.102. The van der Waals surface area contributed by atoms with E-state index in [1.807, 2.05) is 36.7 Å². The van der Waals surface area contributed by atoms with Gasteiger partial charge in [-0.05, 0) is 19.4 Å². The van der Waals surface area contributed by atoms with Crippen molar-refractivity contribution in [2.45, 2.75) is 33.0 Å². The highest BCUT2D eigenvalue weighted by Crippen LogP contribution is 2.16. The predicted octanol–water partition coefficient (Wildman–Crippen LogP) is 1.97. The third-order valence-electron chi connectivity index (χ3n) is 3.93. The number of hydrogen-bond donors (Lipinski definition) is 2. The van der Waals surface area contributed by atoms with Crippen molar-refractivity contribution in [1.29, 1.82) is 0 Å². The van der Waals surface area contributed by atoms with Gasteiger partial charge in [-0.3, -0.25) is 4.68 Å². The molecular formula is C17H25N3O2. The zero-order chi connectivity index (χ0) is 15.9. The molecule has 120 valence electrons. The number of aliphatic hydroxyl groups is 1. The Balaban J connectivity index is 1.96. The van der Waals surface area contributed by atoms with E-state index in [-0.39, 0.29) is 12.7 Å². The summed E-state index contributed by atoms with van der Waals surface area (Å²) >= 11 is 0. The Morgan fingerprint density at radius 1 is 1.27 bits per heavy atom. The summed E-state index contributed by atoms with van der Waals surface area (Å²) in [5.74, 6) is 0. The molecule has 1 aromatic heterocycles. The van der Waals surface area contributed by atoms with E-state index in [1.165, 1.54) is 11.1 Å². The first kappa shape index (κ1) is 16.7. The first-order valence-electron chi connectivity index (χ1n) is 7.59. The lowest BCUT2D eigenvalue weighted by Crippen LogP contribution is -2.23. The van der Waals surface area contributed by atoms with Crippen LogP contribution in [0.5, 0.6) is 0 Å². The number of nitrogens with one attached hydrogen (secondary N) is 1. The third-order valence-corrected chi connectivity index (χ3v) is 3.93. The summed E-state index contributed by atoms with van der Waals surface area (Å²) in [6.07, 6.45) is 0.0364. The summed E-state index contributed by atoms with van der Waals surface area (Å²) in [4.78, 5) is 0. The fourth-order valence-electron chi connectivity index (χ4n) is 2.64. The molecule has 5 heteroatoms. The quantitative estimate of drug-likeness (QED) is 0.783. The van der Waals surface area contributed by atoms with Crippen molar-refractivity contribution in [3.63, 3.8) is 0 Å². The van der Waals surface area contributed by atoms with Gasteiger partial charge in [-0.1, -0.05) is 30.3 Å². The molecule has 0 amide bonds. The van der Waals surface area contributed by atoms with Crippen LogP contribution >= 0.6 is 0 Å². The van der Waals surface area contributed by atoms with Crippen LogP contribution in [0.1, 0.15) is 28.6 Å². The number of ether oxygens (including phenoxy) is 1. The molecular weight excluding hydrogens is 278 g/mol. The number of methoxy groups -OCH3 is 1. The van der Waals surface area contributed by atoms with E-state index < -0.39 is 0 Å². The van der Waals surface area contributed by atoms with Crippen LogP contribution in [0.4, 0.5) is 0 Å². The minimum Gasteiger partial charge on any atom is -0.394 e. The highest BCUT2D eigenvalue weighted by atomic mass is 16.5. The normalized spacial score (nSPS) is 12.5. The SMILES string of the molecule is COC(CNCc1c(C)nn(CCO)c1C)c1ccccc1. The fraction of sp³-hybridized carbons (Fsp3) is 0.471. The number of nitrogens with zero attached hydrogens (tertiary/aromatic N) is 2. The Labute approximate surface area is 131 Å². The lowest BCUT2D eigenvalue weighted by Gasteiger charge is -2.16. The first-order valence-corrected chi connectivity index (χ1v) is 7.59. The molecule has 0 aliphatic rings. The molecule has 2 N–H and O–H groups in total. The average molecular weight is 303 g/mol. The third kappa shape index (κ3) is 3.94. The standard InChI is InChI=1S/C17H25N3O2/c1-13-16(14(2)20(19-13)9-10-21)11-18-12-17(22-3)15-7-5-4-6-8-15/h4-8,17-18,21H,9-12H2,1-3H3. The van der Waals surface area contributed by atoms with E-state index in [9.17, 15) is 0 Å². The van der Waals surface area contributed by atoms with E-state index in [2.05, 4.69) is 22.5 Å². The van der Waals surface area contributed by atoms with Crippen LogP contribution in [-0.2, 0) is 17.8 Å². The van der Waals surface area contributed by atoms with Gasteiger partial charge in [0, 0.05) is 31.5 Å². The molecule has 5 nitrogen and oxygen atoms in total. The molecule has 22 heavy (non-hydrogen) atoms. The first-order chi connectivity index (χ1) is 10.7. The zero-order valence-electron chi connectivity index (χ0n) is 13.5. The Morgan fingerprint density at radius 2 is 2.00 bits per heavy atom. The van der Waals surface area contributed by atoms with Crippen LogP contribution in [0.25, 0.3) is 0 Å². The number of benzene rings is 1. The molecule has 1 heterocycles. The number of aliphatic hydroxyl groups excluding tert-OH is 1. The molecule has 0 bridgehead atoms. The molecule has 1 aromatic carbocycles. The second-order valence-electron chi connectivity index (χ2n) is 5.36. The Hall–Kier alpha value is -1.69. The van der Waals surface area contributed by atoms with Gasteiger partial charge in [0.25, 0.3) is 0 Å². The highest BCUT2D eigenvalue weighted by molar-refractivity contribution is 5.24. The summed E-state index contributed by atoms with van der Waals surface area (Å²) in [6.45, 7) is 6.17. The maximum atomic E-state index is 9.06. The number of aryl methyl sites for hydroxylation is 1. The van der Waals surface area contributed by atoms with Crippen molar-refractivity contribution in [2.24, 2.45) is 0 Å². The maximum absolute atomic E-state index is 9.06. The summed E-state index contributed by atoms with van der Waals surface area (Å²) in [7, 11) is 1.73. The van der Waals surface area contributed by atoms with E-state index in [4.69, 9.17) is 9.84 Å². The molecule has 0 saturated heterocycles. The summed E-state index contributed by atoms with van der Waals surface area (Å²) in [5, 5.41) is 17.0. The second-order valence-corrected chi connectivity index (χ2v) is 5.36. The smallest absolute Gasteiger partial charge is 0.0945 e. The fourth-order valence-corrected chi connectivity index (χ4v) is 2.64. The summed E-state index contributed by atoms with van der Waals surface area (Å²) < 4.78 is 7.42. The minimum atomic E-state index is 0.0364. The van der Waals surface area contributed by atoms with Gasteiger partial charge in [-0.2, -0.15) is 5.10 Å². The molecule has 2 aromatic rings. The van der Waals surface area contributed by atoms with Gasteiger partial charge in [0.1, 0.15) is 0 Å². The van der Waals surface area contributed by atoms with Gasteiger partial charge in [0.2, 0.25) is 0 Å². The molecule has 0 fully saturated rings. The molecule has 0 saturated carbocycles. The minimum absolute atomic E-state index is 0.0364. The van der Waals surface area contributed by atoms with Gasteiger partial charge in [-0.25, -0.2) is 0 Å². The second kappa shape index (κ2) is 8.08. The number of aromatic nitrogens is 2. The predicted molar refractivity (Wildman–Crippen MR) is 86.7 cm³/mol. The van der Waals surface area contributed by atoms with Crippen molar-refractivity contribution in [3.05, 3.63) is 52.8 Å². The molecule has 1 atom stereocenters. The van der Waals surface area contributed by atoms with Crippen molar-refractivity contribution in [2.75, 3.05) is 20.3 Å². The monoisotopic (exact) mass is 303 g/mol. The topological polar surface area (TPSA) is 59.3 Å². The number of rotatable bonds is 8. The average Bonchev–Trinajstić information content (AvgIpc) is 2.80. The Morgan fingerprint density at radius 3 is 2.64 bits per heavy atom. The van der Waals surface area contributed by atoms with Gasteiger partial charge >= 0.3 is 0 Å². The van der Waals surface area contributed by atoms with E-state index in [0.29, 0.717) is 6.54 Å². The molecule has 0 aliphatic carbocycles. The Bertz CT molecular complexity index is 581. The van der Waals surface area contributed by atoms with Crippen molar-refractivity contribution in [3.8, 4) is 0 Å². The van der Waals surface area contributed by atoms with Crippen LogP contribution in [0.3, 0.4) is 0 Å². The van der Waals surface area contributed by atoms with Crippen LogP contribution in [0, 0.1) is 13.8 Å². The zero-order valence-corrected chi connectivity index (χ0v) is 13.5. The molecule has 0 spiro atoms. The number of hydrogen-bond acceptors (Lipinski definition) is 4. The van der Waals surface area contributed by atoms with E-state index in [0.717, 1.165) is 24.5 Å². The lowest BCUT2D eigenvalue weighted by atomic mass is 10.1. The van der Waals surface area contributed by atoms with Crippen LogP contribution < -0.4 is 5.32 Å². The van der Waals surface area contributed by atoms with Crippen molar-refractivity contribution >= 4 is 0 Å². The molecule has 2 rings (SSSR count).